The minimum absolute atomic E-state index is 0.498. The Labute approximate surface area is 117 Å². The Morgan fingerprint density at radius 2 is 2.28 bits per heavy atom. The maximum atomic E-state index is 5.49. The van der Waals surface area contributed by atoms with Crippen molar-refractivity contribution in [1.82, 2.24) is 0 Å². The van der Waals surface area contributed by atoms with E-state index in [4.69, 9.17) is 9.47 Å². The van der Waals surface area contributed by atoms with Crippen LogP contribution in [0.5, 0.6) is 0 Å². The van der Waals surface area contributed by atoms with Gasteiger partial charge in [-0.05, 0) is 31.4 Å². The monoisotopic (exact) mass is 313 g/mol. The number of methoxy groups -OCH3 is 1. The Hall–Kier alpha value is -0.580. The van der Waals surface area contributed by atoms with Crippen molar-refractivity contribution in [3.05, 3.63) is 28.2 Å². The van der Waals surface area contributed by atoms with Gasteiger partial charge >= 0.3 is 0 Å². The number of hydrogen-bond acceptors (Lipinski definition) is 3. The van der Waals surface area contributed by atoms with E-state index in [1.807, 2.05) is 0 Å². The lowest BCUT2D eigenvalue weighted by molar-refractivity contribution is 0.144. The molecular formula is C14H20BrNO2. The third kappa shape index (κ3) is 3.70. The molecule has 0 aliphatic carbocycles. The summed E-state index contributed by atoms with van der Waals surface area (Å²) in [4.78, 5) is 0. The summed E-state index contributed by atoms with van der Waals surface area (Å²) in [6.45, 7) is 2.36. The molecule has 0 bridgehead atoms. The molecule has 2 rings (SSSR count). The van der Waals surface area contributed by atoms with E-state index >= 15 is 0 Å². The molecule has 3 nitrogen and oxygen atoms in total. The molecule has 1 aromatic carbocycles. The fraction of sp³-hybridized carbons (Fsp3) is 0.571. The van der Waals surface area contributed by atoms with Crippen molar-refractivity contribution in [2.45, 2.75) is 31.9 Å². The van der Waals surface area contributed by atoms with Crippen molar-refractivity contribution >= 4 is 21.6 Å². The number of rotatable bonds is 4. The van der Waals surface area contributed by atoms with Gasteiger partial charge in [0.15, 0.2) is 0 Å². The lowest BCUT2D eigenvalue weighted by Crippen LogP contribution is -2.20. The smallest absolute Gasteiger partial charge is 0.0744 e. The normalized spacial score (nSPS) is 20.4. The molecule has 18 heavy (non-hydrogen) atoms. The van der Waals surface area contributed by atoms with Gasteiger partial charge in [0.25, 0.3) is 0 Å². The molecule has 1 saturated heterocycles. The van der Waals surface area contributed by atoms with Gasteiger partial charge < -0.3 is 14.8 Å². The second-order valence-corrected chi connectivity index (χ2v) is 5.44. The zero-order chi connectivity index (χ0) is 12.8. The van der Waals surface area contributed by atoms with Crippen LogP contribution >= 0.6 is 15.9 Å². The number of halogens is 1. The highest BCUT2D eigenvalue weighted by molar-refractivity contribution is 9.10. The van der Waals surface area contributed by atoms with E-state index in [2.05, 4.69) is 39.4 Å². The van der Waals surface area contributed by atoms with E-state index in [0.29, 0.717) is 12.6 Å². The third-order valence-corrected chi connectivity index (χ3v) is 3.96. The maximum absolute atomic E-state index is 5.49. The highest BCUT2D eigenvalue weighted by Gasteiger charge is 2.14. The number of ether oxygens (including phenoxy) is 2. The first-order chi connectivity index (χ1) is 8.81. The van der Waals surface area contributed by atoms with Gasteiger partial charge in [0.1, 0.15) is 0 Å². The largest absolute Gasteiger partial charge is 0.382 e. The molecule has 1 aliphatic rings. The summed E-state index contributed by atoms with van der Waals surface area (Å²) in [6, 6.07) is 6.72. The fourth-order valence-electron chi connectivity index (χ4n) is 2.25. The highest BCUT2D eigenvalue weighted by atomic mass is 79.9. The molecular weight excluding hydrogens is 294 g/mol. The molecule has 4 heteroatoms. The predicted octanol–water partition coefficient (Wildman–Crippen LogP) is 3.58. The van der Waals surface area contributed by atoms with Crippen molar-refractivity contribution in [2.24, 2.45) is 0 Å². The lowest BCUT2D eigenvalue weighted by atomic mass is 10.1. The van der Waals surface area contributed by atoms with Crippen LogP contribution in [0.1, 0.15) is 24.8 Å². The van der Waals surface area contributed by atoms with Crippen molar-refractivity contribution in [1.29, 1.82) is 0 Å². The van der Waals surface area contributed by atoms with Gasteiger partial charge in [-0.15, -0.1) is 0 Å². The molecule has 1 fully saturated rings. The van der Waals surface area contributed by atoms with Crippen LogP contribution in [0.25, 0.3) is 0 Å². The fourth-order valence-corrected chi connectivity index (χ4v) is 2.73. The molecule has 1 N–H and O–H groups in total. The molecule has 0 spiro atoms. The Bertz CT molecular complexity index is 376. The van der Waals surface area contributed by atoms with E-state index in [0.717, 1.165) is 36.2 Å². The van der Waals surface area contributed by atoms with Gasteiger partial charge in [-0.3, -0.25) is 0 Å². The summed E-state index contributed by atoms with van der Waals surface area (Å²) in [7, 11) is 1.72. The third-order valence-electron chi connectivity index (χ3n) is 3.22. The van der Waals surface area contributed by atoms with E-state index < -0.39 is 0 Å². The van der Waals surface area contributed by atoms with Gasteiger partial charge in [-0.2, -0.15) is 0 Å². The Kier molecular flexibility index (Phi) is 5.47. The molecule has 1 atom stereocenters. The van der Waals surface area contributed by atoms with Crippen LogP contribution in [-0.4, -0.2) is 26.4 Å². The van der Waals surface area contributed by atoms with Crippen LogP contribution in [0.3, 0.4) is 0 Å². The van der Waals surface area contributed by atoms with E-state index in [1.54, 1.807) is 7.11 Å². The summed E-state index contributed by atoms with van der Waals surface area (Å²) < 4.78 is 11.9. The summed E-state index contributed by atoms with van der Waals surface area (Å²) >= 11 is 3.58. The first-order valence-electron chi connectivity index (χ1n) is 6.42. The number of nitrogens with one attached hydrogen (secondary N) is 1. The van der Waals surface area contributed by atoms with Crippen LogP contribution in [0, 0.1) is 0 Å². The molecule has 0 aromatic heterocycles. The Morgan fingerprint density at radius 3 is 3.11 bits per heavy atom. The Morgan fingerprint density at radius 1 is 1.39 bits per heavy atom. The second kappa shape index (κ2) is 7.12. The first kappa shape index (κ1) is 13.8. The second-order valence-electron chi connectivity index (χ2n) is 4.58. The van der Waals surface area contributed by atoms with E-state index in [9.17, 15) is 0 Å². The average Bonchev–Trinajstić information content (AvgIpc) is 2.62. The average molecular weight is 314 g/mol. The van der Waals surface area contributed by atoms with Crippen molar-refractivity contribution in [2.75, 3.05) is 25.6 Å². The van der Waals surface area contributed by atoms with Crippen LogP contribution in [0.4, 0.5) is 5.69 Å². The SMILES string of the molecule is COCc1c(Br)cccc1NC1CCCOCC1. The van der Waals surface area contributed by atoms with E-state index in [1.165, 1.54) is 12.0 Å². The summed E-state index contributed by atoms with van der Waals surface area (Å²) in [5, 5.41) is 3.63. The number of anilines is 1. The van der Waals surface area contributed by atoms with Gasteiger partial charge in [0.2, 0.25) is 0 Å². The van der Waals surface area contributed by atoms with Crippen LogP contribution in [-0.2, 0) is 16.1 Å². The van der Waals surface area contributed by atoms with Crippen molar-refractivity contribution in [3.8, 4) is 0 Å². The zero-order valence-corrected chi connectivity index (χ0v) is 12.3. The summed E-state index contributed by atoms with van der Waals surface area (Å²) in [5.74, 6) is 0. The first-order valence-corrected chi connectivity index (χ1v) is 7.21. The van der Waals surface area contributed by atoms with Gasteiger partial charge in [-0.1, -0.05) is 22.0 Å². The van der Waals surface area contributed by atoms with Gasteiger partial charge in [0.05, 0.1) is 6.61 Å². The van der Waals surface area contributed by atoms with Crippen LogP contribution in [0.15, 0.2) is 22.7 Å². The minimum atomic E-state index is 0.498. The van der Waals surface area contributed by atoms with Gasteiger partial charge in [-0.25, -0.2) is 0 Å². The lowest BCUT2D eigenvalue weighted by Gasteiger charge is -2.20. The van der Waals surface area contributed by atoms with Crippen LogP contribution < -0.4 is 5.32 Å². The zero-order valence-electron chi connectivity index (χ0n) is 10.7. The quantitative estimate of drug-likeness (QED) is 0.921. The highest BCUT2D eigenvalue weighted by Crippen LogP contribution is 2.27. The minimum Gasteiger partial charge on any atom is -0.382 e. The standard InChI is InChI=1S/C14H20BrNO2/c1-17-10-12-13(15)5-2-6-14(12)16-11-4-3-8-18-9-7-11/h2,5-6,11,16H,3-4,7-10H2,1H3. The van der Waals surface area contributed by atoms with Gasteiger partial charge in [0, 0.05) is 42.1 Å². The molecule has 0 radical (unpaired) electrons. The molecule has 1 aliphatic heterocycles. The van der Waals surface area contributed by atoms with E-state index in [-0.39, 0.29) is 0 Å². The summed E-state index contributed by atoms with van der Waals surface area (Å²) in [6.07, 6.45) is 3.36. The molecule has 0 saturated carbocycles. The molecule has 100 valence electrons. The molecule has 1 aromatic rings. The topological polar surface area (TPSA) is 30.5 Å². The number of hydrogen-bond donors (Lipinski definition) is 1. The molecule has 0 amide bonds. The van der Waals surface area contributed by atoms with Crippen molar-refractivity contribution < 1.29 is 9.47 Å². The predicted molar refractivity (Wildman–Crippen MR) is 76.9 cm³/mol. The van der Waals surface area contributed by atoms with Crippen LogP contribution in [0.2, 0.25) is 0 Å². The maximum Gasteiger partial charge on any atom is 0.0744 e. The van der Waals surface area contributed by atoms with Crippen molar-refractivity contribution in [3.63, 3.8) is 0 Å². The molecule has 1 unspecified atom stereocenters. The molecule has 1 heterocycles. The summed E-state index contributed by atoms with van der Waals surface area (Å²) in [5.41, 5.74) is 2.35. The Balaban J connectivity index is 2.09. The number of benzene rings is 1.